The minimum Gasteiger partial charge on any atom is -0.479 e. The van der Waals surface area contributed by atoms with Gasteiger partial charge in [-0.2, -0.15) is 0 Å². The fourth-order valence-electron chi connectivity index (χ4n) is 2.70. The quantitative estimate of drug-likeness (QED) is 0.401. The summed E-state index contributed by atoms with van der Waals surface area (Å²) in [5.74, 6) is 0.00270. The zero-order valence-corrected chi connectivity index (χ0v) is 16.5. The van der Waals surface area contributed by atoms with E-state index >= 15 is 0 Å². The average molecular weight is 401 g/mol. The first-order valence-corrected chi connectivity index (χ1v) is 9.52. The molecule has 0 aliphatic rings. The van der Waals surface area contributed by atoms with E-state index in [4.69, 9.17) is 25.5 Å². The van der Waals surface area contributed by atoms with E-state index in [2.05, 4.69) is 0 Å². The Bertz CT molecular complexity index is 1020. The molecule has 0 saturated heterocycles. The van der Waals surface area contributed by atoms with Gasteiger partial charge in [0.1, 0.15) is 17.6 Å². The minimum atomic E-state index is -0.755. The van der Waals surface area contributed by atoms with E-state index in [1.165, 1.54) is 6.26 Å². The number of rotatable bonds is 7. The molecule has 0 fully saturated rings. The third-order valence-electron chi connectivity index (χ3n) is 4.29. The largest absolute Gasteiger partial charge is 0.479 e. The molecule has 1 heterocycles. The maximum atomic E-state index is 12.8. The van der Waals surface area contributed by atoms with Gasteiger partial charge in [-0.15, -0.1) is 0 Å². The number of halogens is 1. The molecule has 5 nitrogen and oxygen atoms in total. The van der Waals surface area contributed by atoms with Gasteiger partial charge < -0.3 is 13.9 Å². The van der Waals surface area contributed by atoms with Crippen LogP contribution in [0.5, 0.6) is 5.75 Å². The zero-order valence-electron chi connectivity index (χ0n) is 15.7. The number of fused-ring (bicyclic) bond motifs is 1. The van der Waals surface area contributed by atoms with Gasteiger partial charge in [0.25, 0.3) is 0 Å². The van der Waals surface area contributed by atoms with Crippen LogP contribution in [0.1, 0.15) is 26.7 Å². The lowest BCUT2D eigenvalue weighted by Gasteiger charge is -2.14. The molecule has 0 aliphatic heterocycles. The lowest BCUT2D eigenvalue weighted by atomic mass is 10.1. The SMILES string of the molecule is CCCCOC(=O)C(C)Oc1ccc2c(=O)c(-c3ccc(Cl)cc3)coc2c1. The molecule has 0 N–H and O–H groups in total. The van der Waals surface area contributed by atoms with Crippen molar-refractivity contribution in [2.24, 2.45) is 0 Å². The van der Waals surface area contributed by atoms with E-state index in [1.54, 1.807) is 49.4 Å². The lowest BCUT2D eigenvalue weighted by molar-refractivity contribution is -0.151. The molecule has 1 aromatic heterocycles. The van der Waals surface area contributed by atoms with Crippen LogP contribution < -0.4 is 10.2 Å². The van der Waals surface area contributed by atoms with Crippen LogP contribution in [-0.2, 0) is 9.53 Å². The van der Waals surface area contributed by atoms with Crippen molar-refractivity contribution in [1.82, 2.24) is 0 Å². The first kappa shape index (κ1) is 20.0. The number of ether oxygens (including phenoxy) is 2. The Kier molecular flexibility index (Phi) is 6.37. The number of hydrogen-bond acceptors (Lipinski definition) is 5. The summed E-state index contributed by atoms with van der Waals surface area (Å²) in [6, 6.07) is 11.8. The van der Waals surface area contributed by atoms with Gasteiger partial charge in [0, 0.05) is 11.1 Å². The standard InChI is InChI=1S/C22H21ClO5/c1-3-4-11-26-22(25)14(2)28-17-9-10-18-20(12-17)27-13-19(21(18)24)15-5-7-16(23)8-6-15/h5-10,12-14H,3-4,11H2,1-2H3. The van der Waals surface area contributed by atoms with E-state index in [-0.39, 0.29) is 5.43 Å². The highest BCUT2D eigenvalue weighted by molar-refractivity contribution is 6.30. The first-order chi connectivity index (χ1) is 13.5. The zero-order chi connectivity index (χ0) is 20.1. The maximum absolute atomic E-state index is 12.8. The predicted molar refractivity (Wildman–Crippen MR) is 109 cm³/mol. The molecular weight excluding hydrogens is 380 g/mol. The number of benzene rings is 2. The van der Waals surface area contributed by atoms with Crippen molar-refractivity contribution in [3.8, 4) is 16.9 Å². The molecule has 0 saturated carbocycles. The summed E-state index contributed by atoms with van der Waals surface area (Å²) in [7, 11) is 0. The summed E-state index contributed by atoms with van der Waals surface area (Å²) >= 11 is 5.90. The molecule has 146 valence electrons. The molecule has 1 unspecified atom stereocenters. The summed E-state index contributed by atoms with van der Waals surface area (Å²) in [5, 5.41) is 1.02. The highest BCUT2D eigenvalue weighted by atomic mass is 35.5. The second-order valence-corrected chi connectivity index (χ2v) is 6.86. The monoisotopic (exact) mass is 400 g/mol. The third-order valence-corrected chi connectivity index (χ3v) is 4.54. The molecule has 3 aromatic rings. The number of esters is 1. The maximum Gasteiger partial charge on any atom is 0.347 e. The van der Waals surface area contributed by atoms with Crippen LogP contribution in [0.25, 0.3) is 22.1 Å². The fraction of sp³-hybridized carbons (Fsp3) is 0.273. The fourth-order valence-corrected chi connectivity index (χ4v) is 2.82. The molecule has 0 bridgehead atoms. The van der Waals surface area contributed by atoms with Crippen LogP contribution in [0.3, 0.4) is 0 Å². The Balaban J connectivity index is 1.81. The van der Waals surface area contributed by atoms with Gasteiger partial charge in [0.15, 0.2) is 11.5 Å². The van der Waals surface area contributed by atoms with Gasteiger partial charge in [-0.3, -0.25) is 4.79 Å². The molecule has 1 atom stereocenters. The lowest BCUT2D eigenvalue weighted by Crippen LogP contribution is -2.26. The number of hydrogen-bond donors (Lipinski definition) is 0. The molecule has 2 aromatic carbocycles. The van der Waals surface area contributed by atoms with Gasteiger partial charge in [0.05, 0.1) is 17.6 Å². The molecular formula is C22H21ClO5. The summed E-state index contributed by atoms with van der Waals surface area (Å²) in [6.45, 7) is 4.02. The van der Waals surface area contributed by atoms with Crippen LogP contribution in [0.2, 0.25) is 5.02 Å². The Hall–Kier alpha value is -2.79. The van der Waals surface area contributed by atoms with Gasteiger partial charge in [-0.05, 0) is 43.2 Å². The van der Waals surface area contributed by atoms with E-state index < -0.39 is 12.1 Å². The Morgan fingerprint density at radius 2 is 1.93 bits per heavy atom. The molecule has 3 rings (SSSR count). The van der Waals surface area contributed by atoms with Crippen molar-refractivity contribution in [2.75, 3.05) is 6.61 Å². The van der Waals surface area contributed by atoms with Crippen molar-refractivity contribution in [3.63, 3.8) is 0 Å². The summed E-state index contributed by atoms with van der Waals surface area (Å²) in [5.41, 5.74) is 1.41. The van der Waals surface area contributed by atoms with Gasteiger partial charge in [-0.25, -0.2) is 4.79 Å². The third kappa shape index (κ3) is 4.54. The Morgan fingerprint density at radius 1 is 1.18 bits per heavy atom. The number of carbonyl (C=O) groups is 1. The van der Waals surface area contributed by atoms with Gasteiger partial charge in [0.2, 0.25) is 0 Å². The molecule has 0 amide bonds. The van der Waals surface area contributed by atoms with E-state index in [0.717, 1.165) is 18.4 Å². The number of carbonyl (C=O) groups excluding carboxylic acids is 1. The van der Waals surface area contributed by atoms with Crippen LogP contribution in [0, 0.1) is 0 Å². The van der Waals surface area contributed by atoms with E-state index in [0.29, 0.717) is 33.9 Å². The Labute approximate surface area is 167 Å². The van der Waals surface area contributed by atoms with Crippen LogP contribution in [-0.4, -0.2) is 18.7 Å². The second-order valence-electron chi connectivity index (χ2n) is 6.42. The van der Waals surface area contributed by atoms with Crippen molar-refractivity contribution in [2.45, 2.75) is 32.8 Å². The second kappa shape index (κ2) is 8.93. The summed E-state index contributed by atoms with van der Waals surface area (Å²) in [6.07, 6.45) is 2.43. The average Bonchev–Trinajstić information content (AvgIpc) is 2.69. The van der Waals surface area contributed by atoms with Crippen LogP contribution in [0.4, 0.5) is 0 Å². The summed E-state index contributed by atoms with van der Waals surface area (Å²) < 4.78 is 16.4. The van der Waals surface area contributed by atoms with Crippen molar-refractivity contribution in [3.05, 3.63) is 64.0 Å². The molecule has 0 radical (unpaired) electrons. The van der Waals surface area contributed by atoms with Crippen LogP contribution in [0.15, 0.2) is 57.9 Å². The topological polar surface area (TPSA) is 65.7 Å². The van der Waals surface area contributed by atoms with Crippen molar-refractivity contribution >= 4 is 28.5 Å². The van der Waals surface area contributed by atoms with E-state index in [9.17, 15) is 9.59 Å². The van der Waals surface area contributed by atoms with Crippen LogP contribution >= 0.6 is 11.6 Å². The van der Waals surface area contributed by atoms with E-state index in [1.807, 2.05) is 6.92 Å². The summed E-state index contributed by atoms with van der Waals surface area (Å²) in [4.78, 5) is 24.7. The normalized spacial score (nSPS) is 12.0. The molecule has 6 heteroatoms. The molecule has 0 spiro atoms. The molecule has 28 heavy (non-hydrogen) atoms. The first-order valence-electron chi connectivity index (χ1n) is 9.14. The van der Waals surface area contributed by atoms with Gasteiger partial charge in [-0.1, -0.05) is 37.1 Å². The smallest absolute Gasteiger partial charge is 0.347 e. The molecule has 0 aliphatic carbocycles. The highest BCUT2D eigenvalue weighted by Crippen LogP contribution is 2.24. The van der Waals surface area contributed by atoms with Crippen molar-refractivity contribution < 1.29 is 18.7 Å². The van der Waals surface area contributed by atoms with Crippen molar-refractivity contribution in [1.29, 1.82) is 0 Å². The minimum absolute atomic E-state index is 0.151. The Morgan fingerprint density at radius 3 is 2.64 bits per heavy atom. The van der Waals surface area contributed by atoms with Gasteiger partial charge >= 0.3 is 5.97 Å². The highest BCUT2D eigenvalue weighted by Gasteiger charge is 2.17. The number of unbranched alkanes of at least 4 members (excludes halogenated alkanes) is 1. The predicted octanol–water partition coefficient (Wildman–Crippen LogP) is 5.22.